The molecule has 0 saturated heterocycles. The van der Waals surface area contributed by atoms with Crippen molar-refractivity contribution in [1.82, 2.24) is 0 Å². The largest absolute Gasteiger partial charge is 0.454 e. The van der Waals surface area contributed by atoms with Gasteiger partial charge in [0.05, 0.1) is 0 Å². The van der Waals surface area contributed by atoms with Gasteiger partial charge in [-0.2, -0.15) is 0 Å². The van der Waals surface area contributed by atoms with Gasteiger partial charge in [-0.25, -0.2) is 0 Å². The van der Waals surface area contributed by atoms with Crippen LogP contribution in [0, 0.1) is 0 Å². The average molecular weight is 159 g/mol. The van der Waals surface area contributed by atoms with E-state index < -0.39 is 12.0 Å². The highest BCUT2D eigenvalue weighted by atomic mass is 16.5. The van der Waals surface area contributed by atoms with Gasteiger partial charge in [-0.3, -0.25) is 9.59 Å². The Morgan fingerprint density at radius 1 is 1.73 bits per heavy atom. The summed E-state index contributed by atoms with van der Waals surface area (Å²) in [5.74, 6) is -0.578. The highest BCUT2D eigenvalue weighted by Crippen LogP contribution is 2.02. The van der Waals surface area contributed by atoms with Crippen LogP contribution in [-0.2, 0) is 14.3 Å². The molecule has 0 aromatic rings. The number of nitrogens with two attached hydrogens (primary N) is 1. The van der Waals surface area contributed by atoms with Crippen molar-refractivity contribution in [2.45, 2.75) is 32.3 Å². The zero-order chi connectivity index (χ0) is 8.69. The second-order valence-electron chi connectivity index (χ2n) is 2.27. The molecule has 4 heteroatoms. The third-order valence-corrected chi connectivity index (χ3v) is 1.36. The quantitative estimate of drug-likeness (QED) is 0.563. The van der Waals surface area contributed by atoms with Crippen molar-refractivity contribution < 1.29 is 14.3 Å². The summed E-state index contributed by atoms with van der Waals surface area (Å²) in [6.07, 6.45) is 1.56. The minimum atomic E-state index is -0.743. The third-order valence-electron chi connectivity index (χ3n) is 1.36. The van der Waals surface area contributed by atoms with E-state index in [-0.39, 0.29) is 6.47 Å². The molecule has 0 spiro atoms. The Bertz CT molecular complexity index is 136. The monoisotopic (exact) mass is 159 g/mol. The van der Waals surface area contributed by atoms with E-state index in [1.165, 1.54) is 0 Å². The maximum absolute atomic E-state index is 10.5. The zero-order valence-corrected chi connectivity index (χ0v) is 6.58. The molecule has 1 atom stereocenters. The summed E-state index contributed by atoms with van der Waals surface area (Å²) >= 11 is 0. The van der Waals surface area contributed by atoms with Crippen molar-refractivity contribution in [3.63, 3.8) is 0 Å². The molecule has 0 aliphatic heterocycles. The van der Waals surface area contributed by atoms with Gasteiger partial charge in [0.2, 0.25) is 0 Å². The number of hydrogen-bond acceptors (Lipinski definition) is 3. The molecule has 0 aromatic heterocycles. The number of rotatable bonds is 6. The van der Waals surface area contributed by atoms with Crippen molar-refractivity contribution in [2.75, 3.05) is 0 Å². The van der Waals surface area contributed by atoms with E-state index in [0.717, 1.165) is 12.8 Å². The second kappa shape index (κ2) is 5.70. The van der Waals surface area contributed by atoms with Crippen LogP contribution in [-0.4, -0.2) is 18.5 Å². The number of unbranched alkanes of at least 4 members (excludes halogenated alkanes) is 1. The number of hydrogen-bond donors (Lipinski definition) is 1. The molecule has 0 aliphatic rings. The van der Waals surface area contributed by atoms with Crippen molar-refractivity contribution in [2.24, 2.45) is 5.73 Å². The van der Waals surface area contributed by atoms with Gasteiger partial charge in [-0.15, -0.1) is 0 Å². The normalized spacial score (nSPS) is 12.1. The number of amides is 1. The number of carbonyl (C=O) groups is 2. The molecule has 1 amide bonds. The van der Waals surface area contributed by atoms with Crippen LogP contribution >= 0.6 is 0 Å². The summed E-state index contributed by atoms with van der Waals surface area (Å²) < 4.78 is 4.45. The minimum absolute atomic E-state index is 0.255. The number of ether oxygens (including phenoxy) is 1. The molecule has 0 bridgehead atoms. The molecule has 0 radical (unpaired) electrons. The van der Waals surface area contributed by atoms with Gasteiger partial charge in [0, 0.05) is 0 Å². The Kier molecular flexibility index (Phi) is 5.15. The van der Waals surface area contributed by atoms with Gasteiger partial charge in [0.25, 0.3) is 12.4 Å². The lowest BCUT2D eigenvalue weighted by Crippen LogP contribution is -2.30. The molecule has 0 fully saturated rings. The molecule has 64 valence electrons. The van der Waals surface area contributed by atoms with Gasteiger partial charge in [-0.05, 0) is 12.8 Å². The van der Waals surface area contributed by atoms with E-state index in [2.05, 4.69) is 4.74 Å². The van der Waals surface area contributed by atoms with Gasteiger partial charge in [0.1, 0.15) is 0 Å². The standard InChI is InChI=1S/C7H13NO3/c1-2-3-4-6(7(8)10)11-5-9/h5-6H,2-4H2,1H3,(H2,8,10). The molecule has 11 heavy (non-hydrogen) atoms. The van der Waals surface area contributed by atoms with E-state index in [1.54, 1.807) is 0 Å². The van der Waals surface area contributed by atoms with E-state index >= 15 is 0 Å². The van der Waals surface area contributed by atoms with Crippen LogP contribution in [0.1, 0.15) is 26.2 Å². The highest BCUT2D eigenvalue weighted by Gasteiger charge is 2.14. The van der Waals surface area contributed by atoms with Gasteiger partial charge in [-0.1, -0.05) is 13.3 Å². The Labute approximate surface area is 65.7 Å². The van der Waals surface area contributed by atoms with Crippen molar-refractivity contribution in [3.8, 4) is 0 Å². The lowest BCUT2D eigenvalue weighted by atomic mass is 10.1. The summed E-state index contributed by atoms with van der Waals surface area (Å²) in [7, 11) is 0. The Morgan fingerprint density at radius 2 is 2.36 bits per heavy atom. The van der Waals surface area contributed by atoms with E-state index in [4.69, 9.17) is 5.73 Å². The summed E-state index contributed by atoms with van der Waals surface area (Å²) in [5.41, 5.74) is 4.94. The fourth-order valence-electron chi connectivity index (χ4n) is 0.734. The molecule has 0 aliphatic carbocycles. The fourth-order valence-corrected chi connectivity index (χ4v) is 0.734. The Morgan fingerprint density at radius 3 is 2.73 bits per heavy atom. The molecule has 4 nitrogen and oxygen atoms in total. The summed E-state index contributed by atoms with van der Waals surface area (Å²) in [6, 6.07) is 0. The first-order valence-electron chi connectivity index (χ1n) is 3.60. The summed E-state index contributed by atoms with van der Waals surface area (Å²) in [5, 5.41) is 0. The third kappa shape index (κ3) is 4.36. The van der Waals surface area contributed by atoms with Crippen LogP contribution in [0.25, 0.3) is 0 Å². The SMILES string of the molecule is CCCCC(OC=O)C(N)=O. The Hall–Kier alpha value is -1.06. The molecular formula is C7H13NO3. The van der Waals surface area contributed by atoms with Crippen LogP contribution in [0.3, 0.4) is 0 Å². The molecule has 0 heterocycles. The first kappa shape index (κ1) is 9.94. The molecule has 0 rings (SSSR count). The van der Waals surface area contributed by atoms with Crippen LogP contribution in [0.5, 0.6) is 0 Å². The minimum Gasteiger partial charge on any atom is -0.454 e. The van der Waals surface area contributed by atoms with Crippen LogP contribution in [0.2, 0.25) is 0 Å². The predicted octanol–water partition coefficient (Wildman–Crippen LogP) is 0.203. The van der Waals surface area contributed by atoms with Crippen molar-refractivity contribution >= 4 is 12.4 Å². The van der Waals surface area contributed by atoms with Gasteiger partial charge < -0.3 is 10.5 Å². The van der Waals surface area contributed by atoms with Crippen LogP contribution in [0.4, 0.5) is 0 Å². The zero-order valence-electron chi connectivity index (χ0n) is 6.58. The smallest absolute Gasteiger partial charge is 0.293 e. The number of carbonyl (C=O) groups excluding carboxylic acids is 2. The molecule has 2 N–H and O–H groups in total. The average Bonchev–Trinajstić information content (AvgIpc) is 1.97. The summed E-state index contributed by atoms with van der Waals surface area (Å²) in [4.78, 5) is 20.4. The predicted molar refractivity (Wildman–Crippen MR) is 39.7 cm³/mol. The first-order chi connectivity index (χ1) is 5.22. The maximum Gasteiger partial charge on any atom is 0.293 e. The van der Waals surface area contributed by atoms with Gasteiger partial charge >= 0.3 is 0 Å². The highest BCUT2D eigenvalue weighted by molar-refractivity contribution is 5.79. The van der Waals surface area contributed by atoms with E-state index in [0.29, 0.717) is 6.42 Å². The number of primary amides is 1. The topological polar surface area (TPSA) is 69.4 Å². The second-order valence-corrected chi connectivity index (χ2v) is 2.27. The fraction of sp³-hybridized carbons (Fsp3) is 0.714. The molecular weight excluding hydrogens is 146 g/mol. The molecule has 0 saturated carbocycles. The molecule has 1 unspecified atom stereocenters. The Balaban J connectivity index is 3.69. The van der Waals surface area contributed by atoms with E-state index in [1.807, 2.05) is 6.92 Å². The van der Waals surface area contributed by atoms with Gasteiger partial charge in [0.15, 0.2) is 6.10 Å². The van der Waals surface area contributed by atoms with Crippen molar-refractivity contribution in [3.05, 3.63) is 0 Å². The maximum atomic E-state index is 10.5. The summed E-state index contributed by atoms with van der Waals surface area (Å²) in [6.45, 7) is 2.24. The lowest BCUT2D eigenvalue weighted by Gasteiger charge is -2.09. The van der Waals surface area contributed by atoms with Crippen LogP contribution < -0.4 is 5.73 Å². The first-order valence-corrected chi connectivity index (χ1v) is 3.60. The molecule has 0 aromatic carbocycles. The lowest BCUT2D eigenvalue weighted by molar-refractivity contribution is -0.143. The van der Waals surface area contributed by atoms with E-state index in [9.17, 15) is 9.59 Å². The van der Waals surface area contributed by atoms with Crippen molar-refractivity contribution in [1.29, 1.82) is 0 Å². The van der Waals surface area contributed by atoms with Crippen LogP contribution in [0.15, 0.2) is 0 Å².